The van der Waals surface area contributed by atoms with E-state index in [1.54, 1.807) is 0 Å². The first-order valence-corrected chi connectivity index (χ1v) is 6.13. The molecule has 0 aromatic heterocycles. The first-order chi connectivity index (χ1) is 7.61. The van der Waals surface area contributed by atoms with Gasteiger partial charge >= 0.3 is 5.97 Å². The second-order valence-corrected chi connectivity index (χ2v) is 4.55. The maximum absolute atomic E-state index is 11.7. The lowest BCUT2D eigenvalue weighted by atomic mass is 9.96. The molecule has 0 aromatic rings. The van der Waals surface area contributed by atoms with E-state index in [4.69, 9.17) is 4.74 Å². The second kappa shape index (κ2) is 6.21. The Morgan fingerprint density at radius 3 is 2.88 bits per heavy atom. The van der Waals surface area contributed by atoms with Crippen molar-refractivity contribution in [3.05, 3.63) is 0 Å². The minimum absolute atomic E-state index is 0.310. The number of carbonyl (C=O) groups is 1. The van der Waals surface area contributed by atoms with Crippen LogP contribution in [0.1, 0.15) is 39.5 Å². The number of rotatable bonds is 4. The summed E-state index contributed by atoms with van der Waals surface area (Å²) in [5.74, 6) is -0.310. The molecule has 1 saturated heterocycles. The number of carbonyl (C=O) groups excluding carboxylic acids is 1. The highest BCUT2D eigenvalue weighted by Crippen LogP contribution is 2.23. The topological polar surface area (TPSA) is 49.8 Å². The molecule has 0 bridgehead atoms. The maximum atomic E-state index is 11.7. The van der Waals surface area contributed by atoms with Gasteiger partial charge in [0.15, 0.2) is 0 Å². The van der Waals surface area contributed by atoms with Gasteiger partial charge in [0, 0.05) is 6.04 Å². The van der Waals surface area contributed by atoms with Crippen LogP contribution in [-0.4, -0.2) is 47.8 Å². The van der Waals surface area contributed by atoms with Crippen LogP contribution in [0.2, 0.25) is 0 Å². The minimum atomic E-state index is -0.583. The van der Waals surface area contributed by atoms with Gasteiger partial charge in [-0.05, 0) is 32.7 Å². The zero-order valence-electron chi connectivity index (χ0n) is 10.5. The molecule has 0 aliphatic carbocycles. The van der Waals surface area contributed by atoms with E-state index < -0.39 is 12.1 Å². The summed E-state index contributed by atoms with van der Waals surface area (Å²) in [5.41, 5.74) is 0. The van der Waals surface area contributed by atoms with Gasteiger partial charge in [-0.1, -0.05) is 13.3 Å². The van der Waals surface area contributed by atoms with E-state index in [2.05, 4.69) is 18.7 Å². The number of methoxy groups -OCH3 is 1. The summed E-state index contributed by atoms with van der Waals surface area (Å²) < 4.78 is 4.78. The number of aliphatic hydroxyl groups excluding tert-OH is 1. The first-order valence-electron chi connectivity index (χ1n) is 6.13. The van der Waals surface area contributed by atoms with E-state index in [0.29, 0.717) is 12.5 Å². The highest BCUT2D eigenvalue weighted by atomic mass is 16.5. The summed E-state index contributed by atoms with van der Waals surface area (Å²) in [7, 11) is 1.38. The largest absolute Gasteiger partial charge is 0.468 e. The van der Waals surface area contributed by atoms with E-state index in [9.17, 15) is 9.90 Å². The van der Waals surface area contributed by atoms with Crippen molar-refractivity contribution in [2.75, 3.05) is 13.7 Å². The number of ether oxygens (including phenoxy) is 1. The number of aliphatic hydroxyl groups is 1. The van der Waals surface area contributed by atoms with Crippen molar-refractivity contribution in [2.45, 2.75) is 57.7 Å². The number of likely N-dealkylation sites (tertiary alicyclic amines) is 1. The lowest BCUT2D eigenvalue weighted by molar-refractivity contribution is -0.155. The number of piperidine rings is 1. The molecule has 0 saturated carbocycles. The summed E-state index contributed by atoms with van der Waals surface area (Å²) in [5, 5.41) is 9.92. The molecule has 0 amide bonds. The normalized spacial score (nSPS) is 28.8. The van der Waals surface area contributed by atoms with E-state index in [1.807, 2.05) is 0 Å². The van der Waals surface area contributed by atoms with E-state index >= 15 is 0 Å². The van der Waals surface area contributed by atoms with Crippen molar-refractivity contribution in [2.24, 2.45) is 0 Å². The van der Waals surface area contributed by atoms with E-state index in [-0.39, 0.29) is 5.97 Å². The van der Waals surface area contributed by atoms with Crippen LogP contribution < -0.4 is 0 Å². The van der Waals surface area contributed by atoms with Gasteiger partial charge in [0.2, 0.25) is 0 Å². The minimum Gasteiger partial charge on any atom is -0.468 e. The highest BCUT2D eigenvalue weighted by molar-refractivity contribution is 5.76. The molecule has 1 aliphatic heterocycles. The maximum Gasteiger partial charge on any atom is 0.325 e. The van der Waals surface area contributed by atoms with Crippen molar-refractivity contribution in [3.63, 3.8) is 0 Å². The number of hydrogen-bond donors (Lipinski definition) is 1. The van der Waals surface area contributed by atoms with E-state index in [1.165, 1.54) is 7.11 Å². The molecule has 4 nitrogen and oxygen atoms in total. The van der Waals surface area contributed by atoms with Gasteiger partial charge in [-0.2, -0.15) is 0 Å². The van der Waals surface area contributed by atoms with Crippen molar-refractivity contribution < 1.29 is 14.6 Å². The van der Waals surface area contributed by atoms with E-state index in [0.717, 1.165) is 25.8 Å². The molecule has 1 N–H and O–H groups in total. The molecule has 1 rings (SSSR count). The standard InChI is InChI=1S/C12H23NO3/c1-4-6-9(2)13-8-5-7-10(14)11(13)12(15)16-3/h9-11,14H,4-8H2,1-3H3/t9-,10-,11+/m0/s1. The average molecular weight is 229 g/mol. The second-order valence-electron chi connectivity index (χ2n) is 4.55. The Hall–Kier alpha value is -0.610. The molecular formula is C12H23NO3. The Morgan fingerprint density at radius 2 is 2.31 bits per heavy atom. The number of hydrogen-bond acceptors (Lipinski definition) is 4. The fourth-order valence-electron chi connectivity index (χ4n) is 2.49. The van der Waals surface area contributed by atoms with Crippen molar-refractivity contribution >= 4 is 5.97 Å². The summed E-state index contributed by atoms with van der Waals surface area (Å²) in [6.07, 6.45) is 3.18. The Kier molecular flexibility index (Phi) is 5.22. The smallest absolute Gasteiger partial charge is 0.325 e. The molecule has 0 unspecified atom stereocenters. The van der Waals surface area contributed by atoms with Gasteiger partial charge in [-0.15, -0.1) is 0 Å². The monoisotopic (exact) mass is 229 g/mol. The third-order valence-corrected chi connectivity index (χ3v) is 3.35. The van der Waals surface area contributed by atoms with Crippen LogP contribution in [-0.2, 0) is 9.53 Å². The molecule has 1 heterocycles. The van der Waals surface area contributed by atoms with Crippen LogP contribution >= 0.6 is 0 Å². The van der Waals surface area contributed by atoms with Crippen LogP contribution in [0.5, 0.6) is 0 Å². The summed E-state index contributed by atoms with van der Waals surface area (Å²) in [4.78, 5) is 13.8. The van der Waals surface area contributed by atoms with Crippen LogP contribution in [0.4, 0.5) is 0 Å². The molecule has 0 radical (unpaired) electrons. The molecule has 1 aliphatic rings. The predicted octanol–water partition coefficient (Wildman–Crippen LogP) is 1.17. The molecule has 0 aromatic carbocycles. The molecule has 94 valence electrons. The zero-order valence-corrected chi connectivity index (χ0v) is 10.5. The number of nitrogens with zero attached hydrogens (tertiary/aromatic N) is 1. The molecule has 16 heavy (non-hydrogen) atoms. The Bertz CT molecular complexity index is 232. The average Bonchev–Trinajstić information content (AvgIpc) is 2.28. The van der Waals surface area contributed by atoms with Gasteiger partial charge in [-0.25, -0.2) is 0 Å². The quantitative estimate of drug-likeness (QED) is 0.735. The van der Waals surface area contributed by atoms with Crippen LogP contribution in [0.15, 0.2) is 0 Å². The van der Waals surface area contributed by atoms with Gasteiger partial charge in [0.05, 0.1) is 13.2 Å². The SMILES string of the molecule is CCC[C@H](C)N1CCC[C@H](O)[C@@H]1C(=O)OC. The van der Waals surface area contributed by atoms with Gasteiger partial charge in [-0.3, -0.25) is 9.69 Å². The lowest BCUT2D eigenvalue weighted by Gasteiger charge is -2.40. The van der Waals surface area contributed by atoms with Crippen molar-refractivity contribution in [1.29, 1.82) is 0 Å². The van der Waals surface area contributed by atoms with Crippen LogP contribution in [0, 0.1) is 0 Å². The van der Waals surface area contributed by atoms with Crippen LogP contribution in [0.3, 0.4) is 0 Å². The van der Waals surface area contributed by atoms with Gasteiger partial charge in [0.25, 0.3) is 0 Å². The molecule has 4 heteroatoms. The summed E-state index contributed by atoms with van der Waals surface area (Å²) in [6, 6.07) is -0.149. The molecule has 0 spiro atoms. The lowest BCUT2D eigenvalue weighted by Crippen LogP contribution is -2.56. The van der Waals surface area contributed by atoms with Gasteiger partial charge in [0.1, 0.15) is 6.04 Å². The molecule has 1 fully saturated rings. The highest BCUT2D eigenvalue weighted by Gasteiger charge is 2.38. The fourth-order valence-corrected chi connectivity index (χ4v) is 2.49. The summed E-state index contributed by atoms with van der Waals surface area (Å²) >= 11 is 0. The van der Waals surface area contributed by atoms with Gasteiger partial charge < -0.3 is 9.84 Å². The third-order valence-electron chi connectivity index (χ3n) is 3.35. The zero-order chi connectivity index (χ0) is 12.1. The first kappa shape index (κ1) is 13.5. The number of esters is 1. The van der Waals surface area contributed by atoms with Crippen molar-refractivity contribution in [3.8, 4) is 0 Å². The van der Waals surface area contributed by atoms with Crippen molar-refractivity contribution in [1.82, 2.24) is 4.90 Å². The Morgan fingerprint density at radius 1 is 1.62 bits per heavy atom. The fraction of sp³-hybridized carbons (Fsp3) is 0.917. The Labute approximate surface area is 97.6 Å². The molecule has 3 atom stereocenters. The van der Waals surface area contributed by atoms with Crippen LogP contribution in [0.25, 0.3) is 0 Å². The Balaban J connectivity index is 2.73. The molecular weight excluding hydrogens is 206 g/mol. The summed E-state index contributed by atoms with van der Waals surface area (Å²) in [6.45, 7) is 5.11. The predicted molar refractivity (Wildman–Crippen MR) is 62.1 cm³/mol. The third kappa shape index (κ3) is 2.95.